The molecule has 1 aromatic heterocycles. The fraction of sp³-hybridized carbons (Fsp3) is 0.345. The van der Waals surface area contributed by atoms with E-state index in [1.165, 1.54) is 29.2 Å². The molecule has 4 atom stereocenters. The second-order valence-corrected chi connectivity index (χ2v) is 23.0. The van der Waals surface area contributed by atoms with Gasteiger partial charge in [-0.1, -0.05) is 75.1 Å². The van der Waals surface area contributed by atoms with E-state index in [1.807, 2.05) is 30.3 Å². The average molecular weight is 1110 g/mol. The van der Waals surface area contributed by atoms with E-state index in [9.17, 15) is 56.7 Å². The smallest absolute Gasteiger partial charge is 0.399 e. The highest BCUT2D eigenvalue weighted by Crippen LogP contribution is 2.59. The summed E-state index contributed by atoms with van der Waals surface area (Å²) >= 11 is 0.935. The number of imide groups is 2. The largest absolute Gasteiger partial charge is 0.484 e. The van der Waals surface area contributed by atoms with Crippen molar-refractivity contribution in [2.24, 2.45) is 5.41 Å². The number of hydrogen-bond acceptors (Lipinski definition) is 12. The van der Waals surface area contributed by atoms with Crippen molar-refractivity contribution in [1.82, 2.24) is 30.7 Å². The molecule has 5 N–H and O–H groups in total. The first-order chi connectivity index (χ1) is 37.0. The molecule has 5 heterocycles. The van der Waals surface area contributed by atoms with Crippen LogP contribution in [0.1, 0.15) is 104 Å². The number of carbonyl (C=O) groups is 8. The summed E-state index contributed by atoms with van der Waals surface area (Å²) in [5.41, 5.74) is -3.46. The third-order valence-electron chi connectivity index (χ3n) is 13.9. The Labute approximate surface area is 449 Å². The third-order valence-corrected chi connectivity index (χ3v) is 16.0. The molecular weight excluding hydrogens is 1050 g/mol. The van der Waals surface area contributed by atoms with Crippen LogP contribution in [0.4, 0.5) is 8.78 Å². The summed E-state index contributed by atoms with van der Waals surface area (Å²) in [7, 11) is -5.87. The maximum atomic E-state index is 15.1. The van der Waals surface area contributed by atoms with Crippen LogP contribution < -0.4 is 20.7 Å². The molecule has 5 aromatic rings. The molecule has 2 saturated heterocycles. The highest BCUT2D eigenvalue weighted by Gasteiger charge is 2.51. The topological polar surface area (TPSA) is 258 Å². The number of alkyl halides is 2. The normalized spacial score (nSPS) is 19.1. The summed E-state index contributed by atoms with van der Waals surface area (Å²) in [5.74, 6) is 1.58. The molecule has 19 nitrogen and oxygen atoms in total. The zero-order valence-electron chi connectivity index (χ0n) is 42.4. The molecule has 0 bridgehead atoms. The molecule has 0 radical (unpaired) electrons. The SMILES string of the molecule is CC(C)(C)[C@H](NC(=O)c1cc2cc(C(F)(F)P(=O)(O)O)ccc2s1)C(=O)N1Cc2cc(OCC(=O)NCCC#Cc3ccc4c(c3)C(=O)N(C3CCC(=O)NC3=O)C4=O)ccc2C[C@H]1C(=O)N1CCOC(c2ccccc2)C1. The van der Waals surface area contributed by atoms with Crippen LogP contribution in [0.15, 0.2) is 91.0 Å². The first-order valence-electron chi connectivity index (χ1n) is 24.9. The molecule has 4 aliphatic rings. The number of thiophene rings is 1. The maximum absolute atomic E-state index is 15.1. The number of nitrogens with zero attached hydrogens (tertiary/aromatic N) is 3. The molecule has 4 aliphatic heterocycles. The van der Waals surface area contributed by atoms with Gasteiger partial charge in [-0.05, 0) is 82.4 Å². The van der Waals surface area contributed by atoms with Crippen molar-refractivity contribution in [2.75, 3.05) is 32.8 Å². The predicted molar refractivity (Wildman–Crippen MR) is 278 cm³/mol. The predicted octanol–water partition coefficient (Wildman–Crippen LogP) is 5.16. The van der Waals surface area contributed by atoms with Crippen molar-refractivity contribution in [2.45, 2.75) is 82.9 Å². The Morgan fingerprint density at radius 2 is 1.69 bits per heavy atom. The van der Waals surface area contributed by atoms with Gasteiger partial charge in [0.1, 0.15) is 30.0 Å². The minimum Gasteiger partial charge on any atom is -0.484 e. The van der Waals surface area contributed by atoms with E-state index >= 15 is 4.79 Å². The number of halogens is 2. The van der Waals surface area contributed by atoms with E-state index in [-0.39, 0.29) is 92.4 Å². The highest BCUT2D eigenvalue weighted by molar-refractivity contribution is 7.52. The van der Waals surface area contributed by atoms with Crippen molar-refractivity contribution >= 4 is 76.3 Å². The average Bonchev–Trinajstić information content (AvgIpc) is 3.95. The summed E-state index contributed by atoms with van der Waals surface area (Å²) in [6.07, 6.45) is -0.0856. The van der Waals surface area contributed by atoms with Crippen LogP contribution >= 0.6 is 18.9 Å². The van der Waals surface area contributed by atoms with Gasteiger partial charge in [0.25, 0.3) is 23.6 Å². The Morgan fingerprint density at radius 3 is 2.42 bits per heavy atom. The van der Waals surface area contributed by atoms with Gasteiger partial charge in [-0.25, -0.2) is 0 Å². The van der Waals surface area contributed by atoms with Gasteiger partial charge in [0.2, 0.25) is 23.6 Å². The van der Waals surface area contributed by atoms with Gasteiger partial charge in [0.05, 0.1) is 29.2 Å². The number of ether oxygens (including phenoxy) is 2. The molecule has 406 valence electrons. The number of benzene rings is 4. The fourth-order valence-corrected chi connectivity index (χ4v) is 11.2. The summed E-state index contributed by atoms with van der Waals surface area (Å²) < 4.78 is 53.2. The van der Waals surface area contributed by atoms with Gasteiger partial charge in [-0.15, -0.1) is 11.3 Å². The van der Waals surface area contributed by atoms with Crippen LogP contribution in [0.2, 0.25) is 0 Å². The molecule has 8 amide bonds. The molecular formula is C55H53F2N6O13PS. The lowest BCUT2D eigenvalue weighted by Crippen LogP contribution is -2.61. The number of hydrogen-bond donors (Lipinski definition) is 5. The summed E-state index contributed by atoms with van der Waals surface area (Å²) in [6.45, 7) is 5.61. The number of morpholine rings is 1. The van der Waals surface area contributed by atoms with Crippen molar-refractivity contribution in [3.8, 4) is 17.6 Å². The number of carbonyl (C=O) groups excluding carboxylic acids is 8. The van der Waals surface area contributed by atoms with Crippen molar-refractivity contribution in [3.63, 3.8) is 0 Å². The molecule has 78 heavy (non-hydrogen) atoms. The summed E-state index contributed by atoms with van der Waals surface area (Å²) in [5, 5.41) is 7.86. The Bertz CT molecular complexity index is 3400. The number of fused-ring (bicyclic) bond motifs is 3. The van der Waals surface area contributed by atoms with Crippen LogP contribution in [-0.2, 0) is 51.9 Å². The molecule has 0 spiro atoms. The second kappa shape index (κ2) is 22.0. The van der Waals surface area contributed by atoms with E-state index in [2.05, 4.69) is 27.8 Å². The zero-order chi connectivity index (χ0) is 55.8. The van der Waals surface area contributed by atoms with E-state index in [1.54, 1.807) is 49.9 Å². The van der Waals surface area contributed by atoms with Gasteiger partial charge in [0.15, 0.2) is 6.61 Å². The molecule has 0 aliphatic carbocycles. The van der Waals surface area contributed by atoms with Crippen LogP contribution in [-0.4, -0.2) is 123 Å². The molecule has 2 unspecified atom stereocenters. The second-order valence-electron chi connectivity index (χ2n) is 20.3. The maximum Gasteiger partial charge on any atom is 0.399 e. The number of rotatable bonds is 13. The Morgan fingerprint density at radius 1 is 0.936 bits per heavy atom. The lowest BCUT2D eigenvalue weighted by atomic mass is 9.84. The van der Waals surface area contributed by atoms with Crippen LogP contribution in [0.5, 0.6) is 5.75 Å². The Hall–Kier alpha value is -7.67. The van der Waals surface area contributed by atoms with Crippen molar-refractivity contribution in [1.29, 1.82) is 0 Å². The van der Waals surface area contributed by atoms with Crippen LogP contribution in [0.25, 0.3) is 10.1 Å². The van der Waals surface area contributed by atoms with Crippen LogP contribution in [0.3, 0.4) is 0 Å². The molecule has 0 saturated carbocycles. The zero-order valence-corrected chi connectivity index (χ0v) is 44.1. The molecule has 2 fully saturated rings. The van der Waals surface area contributed by atoms with Crippen molar-refractivity contribution in [3.05, 3.63) is 135 Å². The van der Waals surface area contributed by atoms with Gasteiger partial charge in [-0.2, -0.15) is 8.78 Å². The summed E-state index contributed by atoms with van der Waals surface area (Å²) in [6, 6.07) is 20.0. The van der Waals surface area contributed by atoms with E-state index < -0.39 is 89.8 Å². The number of piperidine rings is 1. The number of amides is 8. The minimum absolute atomic E-state index is 0.00192. The fourth-order valence-electron chi connectivity index (χ4n) is 9.74. The van der Waals surface area contributed by atoms with E-state index in [0.717, 1.165) is 39.5 Å². The Balaban J connectivity index is 0.873. The summed E-state index contributed by atoms with van der Waals surface area (Å²) in [4.78, 5) is 130. The number of nitrogens with one attached hydrogen (secondary N) is 3. The molecule has 23 heteroatoms. The van der Waals surface area contributed by atoms with Crippen molar-refractivity contribution < 1.29 is 71.0 Å². The van der Waals surface area contributed by atoms with Gasteiger partial charge in [-0.3, -0.25) is 53.1 Å². The first kappa shape index (κ1) is 55.1. The third kappa shape index (κ3) is 11.5. The van der Waals surface area contributed by atoms with Gasteiger partial charge >= 0.3 is 13.3 Å². The molecule has 9 rings (SSSR count). The van der Waals surface area contributed by atoms with E-state index in [0.29, 0.717) is 21.6 Å². The van der Waals surface area contributed by atoms with Gasteiger partial charge < -0.3 is 39.7 Å². The minimum atomic E-state index is -5.87. The standard InChI is InChI=1S/C55H53F2N6O13PS/c1-54(2,3)47(60-49(67)44-27-34-24-36(14-18-43(34)78-44)55(56,57)77(72,73)74)53(71)62-28-35-25-37(15-13-33(35)26-41(62)52(70)61-21-22-75-42(29-61)32-10-5-4-6-11-32)76-30-46(65)58-20-8-7-9-31-12-16-38-39(23-31)51(69)63(50(38)68)40-17-19-45(64)59-48(40)66/h4-6,10-16,18,23-25,27,40-42,47H,8,17,19-22,26,28-30H2,1-3H3,(H,58,65)(H,60,67)(H,59,64,66)(H2,72,73,74)/t40?,41-,42?,47+/m0/s1. The quantitative estimate of drug-likeness (QED) is 0.0442. The first-order valence-corrected chi connectivity index (χ1v) is 27.3. The highest BCUT2D eigenvalue weighted by atomic mass is 32.1. The monoisotopic (exact) mass is 1110 g/mol. The van der Waals surface area contributed by atoms with Gasteiger partial charge in [0, 0.05) is 54.7 Å². The lowest BCUT2D eigenvalue weighted by molar-refractivity contribution is -0.153. The van der Waals surface area contributed by atoms with Crippen LogP contribution in [0, 0.1) is 17.3 Å². The van der Waals surface area contributed by atoms with E-state index in [4.69, 9.17) is 9.47 Å². The Kier molecular flexibility index (Phi) is 15.5. The lowest BCUT2D eigenvalue weighted by Gasteiger charge is -2.43. The molecule has 4 aromatic carbocycles.